The number of rotatable bonds is 12. The molecule has 2 aliphatic heterocycles. The standard InChI is InChI=1S/C19H30FN4O4PS.C10H13FN2O3S/c1-6-14-17(16(20)18(28-14)23-10-8-15(25)22-19(23)26)30-29(27-11-7-9-21)24(12(2)3)13(4)5;1-2-5-8(17)7(11)9(16-5)13-4-3-6(14)12-10(13)15/h8,10,12-14,16-18H,6-7,11H2,1-5H3,(H,22,25,26);3-5,7-9,17H,2H2,1H3,(H,12,14,15)/t14-,16-,17-,18-,29?;5-,7-,8-,9-/m11/s1. The zero-order chi connectivity index (χ0) is 35.0. The van der Waals surface area contributed by atoms with E-state index in [4.69, 9.17) is 19.3 Å². The van der Waals surface area contributed by atoms with E-state index in [-0.39, 0.29) is 31.2 Å². The maximum atomic E-state index is 15.6. The summed E-state index contributed by atoms with van der Waals surface area (Å²) in [6, 6.07) is 4.75. The van der Waals surface area contributed by atoms with Crippen molar-refractivity contribution in [1.82, 2.24) is 23.8 Å². The van der Waals surface area contributed by atoms with Crippen LogP contribution in [0.4, 0.5) is 8.78 Å². The van der Waals surface area contributed by atoms with Crippen molar-refractivity contribution in [3.63, 3.8) is 0 Å². The monoisotopic (exact) mass is 720 g/mol. The largest absolute Gasteiger partial charge is 0.350 e. The highest BCUT2D eigenvalue weighted by molar-refractivity contribution is 8.53. The first kappa shape index (κ1) is 39.1. The van der Waals surface area contributed by atoms with Gasteiger partial charge in [-0.15, -0.1) is 0 Å². The van der Waals surface area contributed by atoms with Crippen LogP contribution in [0.15, 0.2) is 43.7 Å². The molecule has 2 fully saturated rings. The van der Waals surface area contributed by atoms with E-state index in [9.17, 15) is 23.6 Å². The topological polar surface area (TPSA) is 164 Å². The van der Waals surface area contributed by atoms with Crippen molar-refractivity contribution in [3.05, 3.63) is 66.2 Å². The van der Waals surface area contributed by atoms with Gasteiger partial charge in [-0.05, 0) is 40.5 Å². The minimum Gasteiger partial charge on any atom is -0.350 e. The van der Waals surface area contributed by atoms with E-state index in [1.54, 1.807) is 0 Å². The lowest BCUT2D eigenvalue weighted by molar-refractivity contribution is -0.0222. The summed E-state index contributed by atoms with van der Waals surface area (Å²) in [5.41, 5.74) is -2.44. The van der Waals surface area contributed by atoms with Gasteiger partial charge >= 0.3 is 11.4 Å². The van der Waals surface area contributed by atoms with Gasteiger partial charge in [-0.1, -0.05) is 25.2 Å². The fraction of sp³-hybridized carbons (Fsp3) is 0.690. The van der Waals surface area contributed by atoms with Crippen LogP contribution in [-0.4, -0.2) is 77.5 Å². The summed E-state index contributed by atoms with van der Waals surface area (Å²) in [7, 11) is -1.25. The lowest BCUT2D eigenvalue weighted by Gasteiger charge is -2.37. The third-order valence-electron chi connectivity index (χ3n) is 7.49. The molecule has 9 atom stereocenters. The average molecular weight is 721 g/mol. The summed E-state index contributed by atoms with van der Waals surface area (Å²) in [6.07, 6.45) is -1.80. The van der Waals surface area contributed by atoms with E-state index in [1.165, 1.54) is 29.8 Å². The summed E-state index contributed by atoms with van der Waals surface area (Å²) in [5.74, 6) is 0. The predicted molar refractivity (Wildman–Crippen MR) is 180 cm³/mol. The quantitative estimate of drug-likeness (QED) is 0.166. The van der Waals surface area contributed by atoms with Gasteiger partial charge in [0.2, 0.25) is 0 Å². The van der Waals surface area contributed by atoms with Gasteiger partial charge in [0, 0.05) is 36.6 Å². The zero-order valence-electron chi connectivity index (χ0n) is 27.1. The smallest absolute Gasteiger partial charge is 0.330 e. The second-order valence-corrected chi connectivity index (χ2v) is 15.6. The molecule has 2 aromatic heterocycles. The lowest BCUT2D eigenvalue weighted by Crippen LogP contribution is -2.36. The Morgan fingerprint density at radius 1 is 0.957 bits per heavy atom. The van der Waals surface area contributed by atoms with Crippen LogP contribution in [0.1, 0.15) is 73.3 Å². The number of aromatic amines is 2. The maximum Gasteiger partial charge on any atom is 0.330 e. The first-order valence-electron chi connectivity index (χ1n) is 15.4. The van der Waals surface area contributed by atoms with E-state index in [0.29, 0.717) is 12.8 Å². The lowest BCUT2D eigenvalue weighted by atomic mass is 10.1. The number of aromatic nitrogens is 4. The molecule has 4 heterocycles. The molecule has 2 saturated heterocycles. The molecular formula is C29H43F2N6O7PS2. The Kier molecular flexibility index (Phi) is 14.9. The number of H-pyrrole nitrogens is 2. The van der Waals surface area contributed by atoms with Crippen LogP contribution < -0.4 is 22.5 Å². The number of thiol groups is 1. The second-order valence-electron chi connectivity index (χ2n) is 11.5. The molecule has 2 N–H and O–H groups in total. The number of halogens is 2. The third kappa shape index (κ3) is 9.65. The minimum atomic E-state index is -1.46. The van der Waals surface area contributed by atoms with Crippen LogP contribution in [0.25, 0.3) is 0 Å². The van der Waals surface area contributed by atoms with Crippen LogP contribution >= 0.6 is 31.5 Å². The number of alkyl halides is 2. The number of ether oxygens (including phenoxy) is 2. The minimum absolute atomic E-state index is 0.170. The van der Waals surface area contributed by atoms with Crippen LogP contribution in [-0.2, 0) is 14.0 Å². The Hall–Kier alpha value is -2.32. The van der Waals surface area contributed by atoms with E-state index in [0.717, 1.165) is 15.2 Å². The summed E-state index contributed by atoms with van der Waals surface area (Å²) in [5, 5.41) is 7.75. The van der Waals surface area contributed by atoms with Crippen molar-refractivity contribution < 1.29 is 22.8 Å². The molecule has 0 saturated carbocycles. The molecule has 18 heteroatoms. The van der Waals surface area contributed by atoms with Crippen LogP contribution in [0.2, 0.25) is 0 Å². The molecule has 262 valence electrons. The van der Waals surface area contributed by atoms with E-state index < -0.39 is 71.4 Å². The fourth-order valence-corrected chi connectivity index (χ4v) is 11.1. The first-order chi connectivity index (χ1) is 22.2. The highest BCUT2D eigenvalue weighted by Crippen LogP contribution is 2.61. The van der Waals surface area contributed by atoms with E-state index in [2.05, 4.69) is 61.0 Å². The Morgan fingerprint density at radius 2 is 1.45 bits per heavy atom. The Labute approximate surface area is 282 Å². The summed E-state index contributed by atoms with van der Waals surface area (Å²) in [4.78, 5) is 50.1. The highest BCUT2D eigenvalue weighted by atomic mass is 32.7. The van der Waals surface area contributed by atoms with Crippen molar-refractivity contribution in [1.29, 1.82) is 5.26 Å². The average Bonchev–Trinajstić information content (AvgIpc) is 3.47. The molecule has 0 bridgehead atoms. The van der Waals surface area contributed by atoms with Gasteiger partial charge in [0.25, 0.3) is 11.1 Å². The number of nitrogens with one attached hydrogen (secondary N) is 2. The molecule has 0 aromatic carbocycles. The zero-order valence-corrected chi connectivity index (χ0v) is 29.7. The molecule has 47 heavy (non-hydrogen) atoms. The van der Waals surface area contributed by atoms with E-state index in [1.807, 2.05) is 13.8 Å². The van der Waals surface area contributed by atoms with Gasteiger partial charge in [0.15, 0.2) is 32.3 Å². The normalized spacial score (nSPS) is 28.0. The second kappa shape index (κ2) is 17.9. The van der Waals surface area contributed by atoms with Crippen molar-refractivity contribution in [3.8, 4) is 6.07 Å². The van der Waals surface area contributed by atoms with Gasteiger partial charge in [-0.25, -0.2) is 23.0 Å². The first-order valence-corrected chi connectivity index (χ1v) is 18.6. The molecule has 0 radical (unpaired) electrons. The van der Waals surface area contributed by atoms with Crippen molar-refractivity contribution in [2.75, 3.05) is 6.61 Å². The van der Waals surface area contributed by atoms with Crippen LogP contribution in [0.3, 0.4) is 0 Å². The van der Waals surface area contributed by atoms with Gasteiger partial charge in [0.1, 0.15) is 0 Å². The van der Waals surface area contributed by atoms with Crippen molar-refractivity contribution in [2.24, 2.45) is 0 Å². The summed E-state index contributed by atoms with van der Waals surface area (Å²) < 4.78 is 51.2. The molecule has 13 nitrogen and oxygen atoms in total. The highest BCUT2D eigenvalue weighted by Gasteiger charge is 2.48. The van der Waals surface area contributed by atoms with Crippen LogP contribution in [0.5, 0.6) is 0 Å². The van der Waals surface area contributed by atoms with Crippen LogP contribution in [0, 0.1) is 11.3 Å². The molecular weight excluding hydrogens is 677 g/mol. The van der Waals surface area contributed by atoms with Crippen molar-refractivity contribution in [2.45, 2.75) is 120 Å². The van der Waals surface area contributed by atoms with Gasteiger partial charge in [-0.2, -0.15) is 17.9 Å². The molecule has 2 aliphatic rings. The summed E-state index contributed by atoms with van der Waals surface area (Å²) >= 11 is 5.53. The molecule has 0 amide bonds. The Morgan fingerprint density at radius 3 is 1.87 bits per heavy atom. The van der Waals surface area contributed by atoms with Crippen molar-refractivity contribution >= 4 is 31.5 Å². The molecule has 0 aliphatic carbocycles. The number of nitriles is 1. The predicted octanol–water partition coefficient (Wildman–Crippen LogP) is 4.04. The van der Waals surface area contributed by atoms with Gasteiger partial charge < -0.3 is 14.0 Å². The fourth-order valence-electron chi connectivity index (χ4n) is 5.29. The Bertz CT molecular complexity index is 1580. The SMILES string of the molecule is CC[C@H]1O[C@@H](n2ccc(=O)[nH]c2=O)[C@H](F)[C@@H]1S.CC[C@H]1O[C@@H](n2ccc(=O)[nH]c2=O)[C@H](F)[C@@H]1SP(OCCC#N)N(C(C)C)C(C)C. The van der Waals surface area contributed by atoms with Gasteiger partial charge in [-0.3, -0.25) is 28.7 Å². The molecule has 2 aromatic rings. The number of hydrogen-bond donors (Lipinski definition) is 3. The molecule has 4 rings (SSSR count). The number of nitrogens with zero attached hydrogens (tertiary/aromatic N) is 4. The maximum absolute atomic E-state index is 15.6. The number of hydrogen-bond acceptors (Lipinski definition) is 11. The summed E-state index contributed by atoms with van der Waals surface area (Å²) in [6.45, 7) is 12.3. The molecule has 0 spiro atoms. The van der Waals surface area contributed by atoms with E-state index >= 15 is 4.39 Å². The Balaban J connectivity index is 0.000000297. The van der Waals surface area contributed by atoms with Gasteiger partial charge in [0.05, 0.1) is 41.8 Å². The third-order valence-corrected chi connectivity index (χ3v) is 13.0. The molecule has 1 unspecified atom stereocenters.